The number of carbonyl (C=O) groups excluding carboxylic acids is 1. The van der Waals surface area contributed by atoms with Gasteiger partial charge in [0.25, 0.3) is 0 Å². The molecule has 1 unspecified atom stereocenters. The molecule has 19 heavy (non-hydrogen) atoms. The highest BCUT2D eigenvalue weighted by Gasteiger charge is 2.42. The molecule has 1 aliphatic rings. The highest BCUT2D eigenvalue weighted by atomic mass is 19.4. The van der Waals surface area contributed by atoms with Crippen molar-refractivity contribution < 1.29 is 18.0 Å². The third-order valence-corrected chi connectivity index (χ3v) is 3.95. The summed E-state index contributed by atoms with van der Waals surface area (Å²) in [4.78, 5) is 12.0. The molecule has 0 saturated heterocycles. The number of halogens is 3. The van der Waals surface area contributed by atoms with E-state index in [2.05, 4.69) is 5.32 Å². The van der Waals surface area contributed by atoms with E-state index >= 15 is 0 Å². The van der Waals surface area contributed by atoms with E-state index in [4.69, 9.17) is 5.73 Å². The minimum atomic E-state index is -4.13. The Hall–Kier alpha value is -0.780. The lowest BCUT2D eigenvalue weighted by atomic mass is 9.81. The number of hydrogen-bond donors (Lipinski definition) is 2. The summed E-state index contributed by atoms with van der Waals surface area (Å²) in [6, 6.07) is -0.104. The van der Waals surface area contributed by atoms with Gasteiger partial charge in [0.2, 0.25) is 5.91 Å². The molecule has 0 aromatic heterocycles. The summed E-state index contributed by atoms with van der Waals surface area (Å²) in [5.41, 5.74) is 5.57. The fourth-order valence-corrected chi connectivity index (χ4v) is 2.48. The number of hydrogen-bond acceptors (Lipinski definition) is 2. The molecule has 3 N–H and O–H groups in total. The van der Waals surface area contributed by atoms with Crippen molar-refractivity contribution in [3.05, 3.63) is 0 Å². The first-order valence-electron chi connectivity index (χ1n) is 6.82. The van der Waals surface area contributed by atoms with Gasteiger partial charge >= 0.3 is 6.18 Å². The topological polar surface area (TPSA) is 55.1 Å². The smallest absolute Gasteiger partial charge is 0.352 e. The molecule has 0 spiro atoms. The molecule has 1 aliphatic carbocycles. The van der Waals surface area contributed by atoms with E-state index < -0.39 is 12.1 Å². The predicted molar refractivity (Wildman–Crippen MR) is 67.3 cm³/mol. The average Bonchev–Trinajstić information content (AvgIpc) is 2.34. The van der Waals surface area contributed by atoms with Crippen molar-refractivity contribution in [2.75, 3.05) is 6.54 Å². The molecule has 1 saturated carbocycles. The highest BCUT2D eigenvalue weighted by Crippen LogP contribution is 2.39. The van der Waals surface area contributed by atoms with Gasteiger partial charge in [0, 0.05) is 18.5 Å². The van der Waals surface area contributed by atoms with Gasteiger partial charge in [0.15, 0.2) is 0 Å². The Morgan fingerprint density at radius 3 is 2.16 bits per heavy atom. The zero-order valence-electron chi connectivity index (χ0n) is 11.5. The standard InChI is InChI=1S/C13H23F3N2O/c1-8(2)11(7-17)18-12(19)9-3-5-10(6-4-9)13(14,15)16/h8-11H,3-7,17H2,1-2H3,(H,18,19). The lowest BCUT2D eigenvalue weighted by Crippen LogP contribution is -2.47. The quantitative estimate of drug-likeness (QED) is 0.831. The third-order valence-electron chi connectivity index (χ3n) is 3.95. The minimum Gasteiger partial charge on any atom is -0.352 e. The van der Waals surface area contributed by atoms with Crippen LogP contribution in [-0.4, -0.2) is 24.7 Å². The van der Waals surface area contributed by atoms with Crippen LogP contribution in [0.5, 0.6) is 0 Å². The Labute approximate surface area is 112 Å². The van der Waals surface area contributed by atoms with Gasteiger partial charge in [0.05, 0.1) is 5.92 Å². The predicted octanol–water partition coefficient (Wildman–Crippen LogP) is 2.45. The zero-order valence-corrected chi connectivity index (χ0v) is 11.5. The Kier molecular flexibility index (Phi) is 5.64. The van der Waals surface area contributed by atoms with Gasteiger partial charge in [-0.2, -0.15) is 13.2 Å². The molecular weight excluding hydrogens is 257 g/mol. The number of nitrogens with one attached hydrogen (secondary N) is 1. The Morgan fingerprint density at radius 1 is 1.26 bits per heavy atom. The fourth-order valence-electron chi connectivity index (χ4n) is 2.48. The van der Waals surface area contributed by atoms with Gasteiger partial charge in [-0.3, -0.25) is 4.79 Å². The van der Waals surface area contributed by atoms with Crippen LogP contribution < -0.4 is 11.1 Å². The Balaban J connectivity index is 2.45. The molecule has 0 heterocycles. The van der Waals surface area contributed by atoms with Crippen LogP contribution in [0.25, 0.3) is 0 Å². The van der Waals surface area contributed by atoms with Crippen molar-refractivity contribution in [2.24, 2.45) is 23.5 Å². The third kappa shape index (κ3) is 4.67. The van der Waals surface area contributed by atoms with Crippen molar-refractivity contribution in [3.63, 3.8) is 0 Å². The number of nitrogens with two attached hydrogens (primary N) is 1. The summed E-state index contributed by atoms with van der Waals surface area (Å²) in [7, 11) is 0. The summed E-state index contributed by atoms with van der Waals surface area (Å²) >= 11 is 0. The van der Waals surface area contributed by atoms with E-state index in [0.29, 0.717) is 19.4 Å². The summed E-state index contributed by atoms with van der Waals surface area (Å²) in [6.07, 6.45) is -3.40. The van der Waals surface area contributed by atoms with Gasteiger partial charge in [-0.15, -0.1) is 0 Å². The number of alkyl halides is 3. The van der Waals surface area contributed by atoms with Gasteiger partial charge in [-0.1, -0.05) is 13.8 Å². The van der Waals surface area contributed by atoms with Gasteiger partial charge < -0.3 is 11.1 Å². The molecule has 0 aliphatic heterocycles. The van der Waals surface area contributed by atoms with Crippen molar-refractivity contribution >= 4 is 5.91 Å². The fraction of sp³-hybridized carbons (Fsp3) is 0.923. The molecular formula is C13H23F3N2O. The Morgan fingerprint density at radius 2 is 1.79 bits per heavy atom. The Bertz CT molecular complexity index is 297. The van der Waals surface area contributed by atoms with Crippen LogP contribution in [0, 0.1) is 17.8 Å². The second-order valence-corrected chi connectivity index (χ2v) is 5.68. The molecule has 0 aromatic carbocycles. The molecule has 1 amide bonds. The monoisotopic (exact) mass is 280 g/mol. The first-order valence-corrected chi connectivity index (χ1v) is 6.82. The zero-order chi connectivity index (χ0) is 14.6. The van der Waals surface area contributed by atoms with E-state index in [0.717, 1.165) is 0 Å². The van der Waals surface area contributed by atoms with Crippen molar-refractivity contribution in [1.29, 1.82) is 0 Å². The first-order chi connectivity index (χ1) is 8.75. The molecule has 112 valence electrons. The van der Waals surface area contributed by atoms with Crippen LogP contribution in [0.15, 0.2) is 0 Å². The molecule has 6 heteroatoms. The maximum Gasteiger partial charge on any atom is 0.391 e. The van der Waals surface area contributed by atoms with Crippen LogP contribution in [0.4, 0.5) is 13.2 Å². The van der Waals surface area contributed by atoms with Crippen molar-refractivity contribution in [2.45, 2.75) is 51.7 Å². The second kappa shape index (κ2) is 6.59. The van der Waals surface area contributed by atoms with E-state index in [1.165, 1.54) is 0 Å². The van der Waals surface area contributed by atoms with Crippen LogP contribution in [-0.2, 0) is 4.79 Å². The molecule has 1 rings (SSSR count). The largest absolute Gasteiger partial charge is 0.391 e. The van der Waals surface area contributed by atoms with Crippen LogP contribution in [0.3, 0.4) is 0 Å². The number of rotatable bonds is 4. The van der Waals surface area contributed by atoms with Crippen LogP contribution >= 0.6 is 0 Å². The lowest BCUT2D eigenvalue weighted by molar-refractivity contribution is -0.184. The van der Waals surface area contributed by atoms with Crippen molar-refractivity contribution in [3.8, 4) is 0 Å². The molecule has 3 nitrogen and oxygen atoms in total. The summed E-state index contributed by atoms with van der Waals surface area (Å²) < 4.78 is 37.6. The van der Waals surface area contributed by atoms with E-state index in [-0.39, 0.29) is 36.6 Å². The SMILES string of the molecule is CC(C)C(CN)NC(=O)C1CCC(C(F)(F)F)CC1. The van der Waals surface area contributed by atoms with E-state index in [9.17, 15) is 18.0 Å². The second-order valence-electron chi connectivity index (χ2n) is 5.68. The van der Waals surface area contributed by atoms with Gasteiger partial charge in [0.1, 0.15) is 0 Å². The summed E-state index contributed by atoms with van der Waals surface area (Å²) in [6.45, 7) is 4.26. The van der Waals surface area contributed by atoms with E-state index in [1.807, 2.05) is 13.8 Å². The summed E-state index contributed by atoms with van der Waals surface area (Å²) in [5.74, 6) is -1.47. The minimum absolute atomic E-state index is 0.0521. The van der Waals surface area contributed by atoms with Crippen LogP contribution in [0.1, 0.15) is 39.5 Å². The molecule has 0 bridgehead atoms. The van der Waals surface area contributed by atoms with Crippen molar-refractivity contribution in [1.82, 2.24) is 5.32 Å². The van der Waals surface area contributed by atoms with Crippen LogP contribution in [0.2, 0.25) is 0 Å². The van der Waals surface area contributed by atoms with E-state index in [1.54, 1.807) is 0 Å². The highest BCUT2D eigenvalue weighted by molar-refractivity contribution is 5.79. The summed E-state index contributed by atoms with van der Waals surface area (Å²) in [5, 5.41) is 2.84. The normalized spacial score (nSPS) is 26.3. The maximum atomic E-state index is 12.5. The molecule has 1 fully saturated rings. The average molecular weight is 280 g/mol. The van der Waals surface area contributed by atoms with Gasteiger partial charge in [-0.05, 0) is 31.6 Å². The van der Waals surface area contributed by atoms with Gasteiger partial charge in [-0.25, -0.2) is 0 Å². The number of amides is 1. The molecule has 1 atom stereocenters. The maximum absolute atomic E-state index is 12.5. The number of carbonyl (C=O) groups is 1. The first kappa shape index (κ1) is 16.3. The molecule has 0 aromatic rings. The molecule has 0 radical (unpaired) electrons. The lowest BCUT2D eigenvalue weighted by Gasteiger charge is -2.30.